The van der Waals surface area contributed by atoms with Crippen molar-refractivity contribution in [2.24, 2.45) is 0 Å². The zero-order chi connectivity index (χ0) is 12.2. The molecule has 0 aliphatic heterocycles. The number of rotatable bonds is 6. The van der Waals surface area contributed by atoms with Crippen molar-refractivity contribution in [2.75, 3.05) is 6.61 Å². The second-order valence-electron chi connectivity index (χ2n) is 3.93. The monoisotopic (exact) mass is 246 g/mol. The highest BCUT2D eigenvalue weighted by molar-refractivity contribution is 7.90. The molecular formula is C10H18N2O3S. The summed E-state index contributed by atoms with van der Waals surface area (Å²) in [5, 5.41) is 7.76. The van der Waals surface area contributed by atoms with Crippen molar-refractivity contribution >= 4 is 10.0 Å². The molecule has 1 rings (SSSR count). The van der Waals surface area contributed by atoms with Crippen molar-refractivity contribution in [3.05, 3.63) is 0 Å². The average Bonchev–Trinajstić information content (AvgIpc) is 2.16. The molecule has 0 heterocycles. The molecule has 0 bridgehead atoms. The van der Waals surface area contributed by atoms with E-state index in [4.69, 9.17) is 10.00 Å². The summed E-state index contributed by atoms with van der Waals surface area (Å²) < 4.78 is 31.3. The van der Waals surface area contributed by atoms with E-state index < -0.39 is 15.3 Å². The van der Waals surface area contributed by atoms with Crippen LogP contribution in [0.1, 0.15) is 33.1 Å². The summed E-state index contributed by atoms with van der Waals surface area (Å²) in [7, 11) is -3.49. The lowest BCUT2D eigenvalue weighted by atomic mass is 9.90. The van der Waals surface area contributed by atoms with Gasteiger partial charge in [-0.15, -0.1) is 0 Å². The number of ether oxygens (including phenoxy) is 1. The largest absolute Gasteiger partial charge is 0.378 e. The second kappa shape index (κ2) is 5.62. The average molecular weight is 246 g/mol. The van der Waals surface area contributed by atoms with Crippen molar-refractivity contribution < 1.29 is 13.2 Å². The number of nitrogens with one attached hydrogen (secondary N) is 1. The predicted octanol–water partition coefficient (Wildman–Crippen LogP) is 0.775. The Morgan fingerprint density at radius 2 is 2.12 bits per heavy atom. The maximum atomic E-state index is 11.7. The van der Waals surface area contributed by atoms with Gasteiger partial charge in [0.2, 0.25) is 10.0 Å². The fraction of sp³-hybridized carbons (Fsp3) is 0.900. The van der Waals surface area contributed by atoms with Crippen LogP contribution in [0.25, 0.3) is 0 Å². The van der Waals surface area contributed by atoms with Gasteiger partial charge in [-0.2, -0.15) is 5.26 Å². The number of nitriles is 1. The first-order valence-corrected chi connectivity index (χ1v) is 7.10. The predicted molar refractivity (Wildman–Crippen MR) is 60.2 cm³/mol. The van der Waals surface area contributed by atoms with Crippen LogP contribution in [-0.2, 0) is 14.8 Å². The molecular weight excluding hydrogens is 228 g/mol. The van der Waals surface area contributed by atoms with Gasteiger partial charge in [-0.3, -0.25) is 0 Å². The van der Waals surface area contributed by atoms with E-state index in [-0.39, 0.29) is 12.1 Å². The third kappa shape index (κ3) is 3.17. The molecule has 1 N–H and O–H groups in total. The minimum Gasteiger partial charge on any atom is -0.378 e. The minimum atomic E-state index is -3.49. The maximum Gasteiger partial charge on any atom is 0.228 e. The van der Waals surface area contributed by atoms with Crippen molar-refractivity contribution in [1.82, 2.24) is 4.72 Å². The van der Waals surface area contributed by atoms with E-state index in [0.717, 1.165) is 0 Å². The van der Waals surface area contributed by atoms with Crippen LogP contribution in [0, 0.1) is 11.3 Å². The van der Waals surface area contributed by atoms with Crippen LogP contribution < -0.4 is 4.72 Å². The Labute approximate surface area is 96.8 Å². The molecule has 0 amide bonds. The molecule has 1 aliphatic carbocycles. The van der Waals surface area contributed by atoms with Crippen molar-refractivity contribution in [1.29, 1.82) is 5.26 Å². The van der Waals surface area contributed by atoms with E-state index in [9.17, 15) is 8.42 Å². The quantitative estimate of drug-likeness (QED) is 0.751. The summed E-state index contributed by atoms with van der Waals surface area (Å²) >= 11 is 0. The summed E-state index contributed by atoms with van der Waals surface area (Å²) in [5.74, 6) is 0. The molecule has 1 fully saturated rings. The Morgan fingerprint density at radius 3 is 2.56 bits per heavy atom. The fourth-order valence-electron chi connectivity index (χ4n) is 1.73. The van der Waals surface area contributed by atoms with Gasteiger partial charge >= 0.3 is 0 Å². The van der Waals surface area contributed by atoms with Crippen LogP contribution in [0.4, 0.5) is 0 Å². The standard InChI is InChI=1S/C10H18N2O3S/c1-3-10(7-11)16(13,14)12-8-5-9(6-8)15-4-2/h8-10,12H,3-6H2,1-2H3. The van der Waals surface area contributed by atoms with E-state index >= 15 is 0 Å². The summed E-state index contributed by atoms with van der Waals surface area (Å²) in [4.78, 5) is 0. The van der Waals surface area contributed by atoms with E-state index in [0.29, 0.717) is 25.9 Å². The summed E-state index contributed by atoms with van der Waals surface area (Å²) in [6.07, 6.45) is 1.89. The van der Waals surface area contributed by atoms with E-state index in [1.807, 2.05) is 6.92 Å². The van der Waals surface area contributed by atoms with Crippen molar-refractivity contribution in [2.45, 2.75) is 50.5 Å². The van der Waals surface area contributed by atoms with Gasteiger partial charge in [0.15, 0.2) is 5.25 Å². The molecule has 5 nitrogen and oxygen atoms in total. The maximum absolute atomic E-state index is 11.7. The topological polar surface area (TPSA) is 79.2 Å². The number of hydrogen-bond acceptors (Lipinski definition) is 4. The number of hydrogen-bond donors (Lipinski definition) is 1. The molecule has 0 aromatic heterocycles. The lowest BCUT2D eigenvalue weighted by Gasteiger charge is -2.35. The van der Waals surface area contributed by atoms with Gasteiger partial charge in [-0.25, -0.2) is 13.1 Å². The molecule has 1 atom stereocenters. The molecule has 0 spiro atoms. The smallest absolute Gasteiger partial charge is 0.228 e. The lowest BCUT2D eigenvalue weighted by molar-refractivity contribution is -0.00478. The highest BCUT2D eigenvalue weighted by atomic mass is 32.2. The summed E-state index contributed by atoms with van der Waals surface area (Å²) in [6.45, 7) is 4.26. The van der Waals surface area contributed by atoms with Crippen LogP contribution >= 0.6 is 0 Å². The van der Waals surface area contributed by atoms with Gasteiger partial charge < -0.3 is 4.74 Å². The Morgan fingerprint density at radius 1 is 1.50 bits per heavy atom. The molecule has 1 saturated carbocycles. The number of nitrogens with zero attached hydrogens (tertiary/aromatic N) is 1. The van der Waals surface area contributed by atoms with Crippen LogP contribution in [0.2, 0.25) is 0 Å². The van der Waals surface area contributed by atoms with E-state index in [1.54, 1.807) is 13.0 Å². The second-order valence-corrected chi connectivity index (χ2v) is 5.83. The minimum absolute atomic E-state index is 0.0658. The molecule has 92 valence electrons. The molecule has 0 radical (unpaired) electrons. The van der Waals surface area contributed by atoms with Gasteiger partial charge in [0, 0.05) is 12.6 Å². The molecule has 6 heteroatoms. The Kier molecular flexibility index (Phi) is 4.71. The molecule has 0 aromatic carbocycles. The molecule has 1 aliphatic rings. The third-order valence-corrected chi connectivity index (χ3v) is 4.57. The molecule has 1 unspecified atom stereocenters. The Hall–Kier alpha value is -0.640. The zero-order valence-electron chi connectivity index (χ0n) is 9.64. The van der Waals surface area contributed by atoms with Crippen molar-refractivity contribution in [3.63, 3.8) is 0 Å². The lowest BCUT2D eigenvalue weighted by Crippen LogP contribution is -2.50. The van der Waals surface area contributed by atoms with Gasteiger partial charge in [0.25, 0.3) is 0 Å². The number of sulfonamides is 1. The Balaban J connectivity index is 2.42. The van der Waals surface area contributed by atoms with Gasteiger partial charge in [0.05, 0.1) is 12.2 Å². The van der Waals surface area contributed by atoms with Crippen LogP contribution in [0.5, 0.6) is 0 Å². The van der Waals surface area contributed by atoms with E-state index in [1.165, 1.54) is 0 Å². The SMILES string of the molecule is CCOC1CC(NS(=O)(=O)C(C#N)CC)C1. The fourth-order valence-corrected chi connectivity index (χ4v) is 3.13. The third-order valence-electron chi connectivity index (χ3n) is 2.72. The summed E-state index contributed by atoms with van der Waals surface area (Å²) in [5.41, 5.74) is 0. The molecule has 16 heavy (non-hydrogen) atoms. The van der Waals surface area contributed by atoms with Crippen LogP contribution in [0.15, 0.2) is 0 Å². The van der Waals surface area contributed by atoms with Crippen LogP contribution in [-0.4, -0.2) is 32.4 Å². The first kappa shape index (κ1) is 13.4. The first-order chi connectivity index (χ1) is 7.53. The van der Waals surface area contributed by atoms with Crippen LogP contribution in [0.3, 0.4) is 0 Å². The van der Waals surface area contributed by atoms with Gasteiger partial charge in [-0.1, -0.05) is 6.92 Å². The van der Waals surface area contributed by atoms with Crippen molar-refractivity contribution in [3.8, 4) is 6.07 Å². The Bertz CT molecular complexity index is 355. The highest BCUT2D eigenvalue weighted by Gasteiger charge is 2.35. The van der Waals surface area contributed by atoms with Gasteiger partial charge in [-0.05, 0) is 26.2 Å². The molecule has 0 saturated heterocycles. The zero-order valence-corrected chi connectivity index (χ0v) is 10.5. The highest BCUT2D eigenvalue weighted by Crippen LogP contribution is 2.24. The first-order valence-electron chi connectivity index (χ1n) is 5.55. The molecule has 0 aromatic rings. The summed E-state index contributed by atoms with van der Waals surface area (Å²) in [6, 6.07) is 1.73. The van der Waals surface area contributed by atoms with E-state index in [2.05, 4.69) is 4.72 Å². The van der Waals surface area contributed by atoms with Gasteiger partial charge in [0.1, 0.15) is 0 Å². The normalized spacial score (nSPS) is 26.8.